The topological polar surface area (TPSA) is 20.3 Å². The minimum Gasteiger partial charge on any atom is -0.336 e. The van der Waals surface area contributed by atoms with E-state index in [4.69, 9.17) is 0 Å². The number of alkyl halides is 1. The number of halogens is 2. The zero-order valence-corrected chi connectivity index (χ0v) is 11.8. The van der Waals surface area contributed by atoms with Crippen molar-refractivity contribution in [2.45, 2.75) is 31.7 Å². The molecular formula is C14H17BrFNO. The van der Waals surface area contributed by atoms with Crippen LogP contribution in [0.4, 0.5) is 4.39 Å². The lowest BCUT2D eigenvalue weighted by molar-refractivity contribution is 0.0576. The van der Waals surface area contributed by atoms with Crippen LogP contribution in [0.15, 0.2) is 24.3 Å². The van der Waals surface area contributed by atoms with Crippen LogP contribution in [0.3, 0.4) is 0 Å². The molecule has 1 amide bonds. The zero-order valence-electron chi connectivity index (χ0n) is 10.2. The van der Waals surface area contributed by atoms with E-state index >= 15 is 0 Å². The Balaban J connectivity index is 2.14. The summed E-state index contributed by atoms with van der Waals surface area (Å²) in [6.07, 6.45) is 4.15. The Morgan fingerprint density at radius 1 is 1.39 bits per heavy atom. The van der Waals surface area contributed by atoms with E-state index in [1.54, 1.807) is 18.2 Å². The number of rotatable bonds is 5. The van der Waals surface area contributed by atoms with Gasteiger partial charge in [0, 0.05) is 17.9 Å². The summed E-state index contributed by atoms with van der Waals surface area (Å²) < 4.78 is 13.7. The molecule has 0 aliphatic heterocycles. The summed E-state index contributed by atoms with van der Waals surface area (Å²) in [4.78, 5) is 14.2. The molecule has 1 aromatic rings. The Kier molecular flexibility index (Phi) is 4.75. The predicted molar refractivity (Wildman–Crippen MR) is 73.5 cm³/mol. The van der Waals surface area contributed by atoms with E-state index in [9.17, 15) is 9.18 Å². The third-order valence-electron chi connectivity index (χ3n) is 3.41. The first kappa shape index (κ1) is 13.5. The first-order chi connectivity index (χ1) is 8.74. The second kappa shape index (κ2) is 6.32. The lowest BCUT2D eigenvalue weighted by Gasteiger charge is -2.37. The van der Waals surface area contributed by atoms with Crippen molar-refractivity contribution in [1.29, 1.82) is 0 Å². The quantitative estimate of drug-likeness (QED) is 0.760. The number of amides is 1. The van der Waals surface area contributed by atoms with Gasteiger partial charge in [0.1, 0.15) is 5.82 Å². The molecule has 98 valence electrons. The van der Waals surface area contributed by atoms with Gasteiger partial charge in [-0.3, -0.25) is 4.79 Å². The molecule has 1 saturated carbocycles. The SMILES string of the molecule is O=C(c1ccccc1F)N(CCCBr)C1CCC1. The Hall–Kier alpha value is -0.900. The summed E-state index contributed by atoms with van der Waals surface area (Å²) in [5, 5.41) is 0.862. The highest BCUT2D eigenvalue weighted by atomic mass is 79.9. The average molecular weight is 314 g/mol. The largest absolute Gasteiger partial charge is 0.336 e. The van der Waals surface area contributed by atoms with Crippen molar-refractivity contribution in [3.63, 3.8) is 0 Å². The molecule has 0 N–H and O–H groups in total. The molecule has 4 heteroatoms. The molecule has 1 aromatic carbocycles. The number of hydrogen-bond donors (Lipinski definition) is 0. The van der Waals surface area contributed by atoms with Crippen LogP contribution < -0.4 is 0 Å². The normalized spacial score (nSPS) is 15.2. The van der Waals surface area contributed by atoms with E-state index in [2.05, 4.69) is 15.9 Å². The molecule has 0 aromatic heterocycles. The molecule has 1 fully saturated rings. The minimum absolute atomic E-state index is 0.168. The molecule has 0 radical (unpaired) electrons. The minimum atomic E-state index is -0.425. The van der Waals surface area contributed by atoms with Crippen LogP contribution in [-0.2, 0) is 0 Å². The number of carbonyl (C=O) groups excluding carboxylic acids is 1. The Labute approximate surface area is 115 Å². The van der Waals surface area contributed by atoms with Crippen molar-refractivity contribution in [2.24, 2.45) is 0 Å². The van der Waals surface area contributed by atoms with Crippen LogP contribution >= 0.6 is 15.9 Å². The van der Waals surface area contributed by atoms with Crippen molar-refractivity contribution >= 4 is 21.8 Å². The standard InChI is InChI=1S/C14H17BrFNO/c15-9-4-10-17(11-5-3-6-11)14(18)12-7-1-2-8-13(12)16/h1-2,7-8,11H,3-6,9-10H2. The third kappa shape index (κ3) is 2.91. The highest BCUT2D eigenvalue weighted by molar-refractivity contribution is 9.09. The van der Waals surface area contributed by atoms with E-state index in [1.165, 1.54) is 12.5 Å². The van der Waals surface area contributed by atoms with Gasteiger partial charge in [-0.2, -0.15) is 0 Å². The molecule has 0 saturated heterocycles. The molecule has 0 bridgehead atoms. The van der Waals surface area contributed by atoms with Gasteiger partial charge in [-0.1, -0.05) is 28.1 Å². The first-order valence-corrected chi connectivity index (χ1v) is 7.47. The highest BCUT2D eigenvalue weighted by Crippen LogP contribution is 2.27. The van der Waals surface area contributed by atoms with Gasteiger partial charge in [-0.05, 0) is 37.8 Å². The maximum atomic E-state index is 13.7. The fourth-order valence-electron chi connectivity index (χ4n) is 2.17. The van der Waals surface area contributed by atoms with Crippen molar-refractivity contribution in [1.82, 2.24) is 4.90 Å². The Morgan fingerprint density at radius 3 is 2.67 bits per heavy atom. The predicted octanol–water partition coefficient (Wildman–Crippen LogP) is 3.61. The maximum Gasteiger partial charge on any atom is 0.257 e. The molecule has 2 rings (SSSR count). The van der Waals surface area contributed by atoms with Crippen molar-refractivity contribution < 1.29 is 9.18 Å². The second-order valence-corrected chi connectivity index (χ2v) is 5.40. The van der Waals surface area contributed by atoms with Crippen molar-refractivity contribution in [3.05, 3.63) is 35.6 Å². The van der Waals surface area contributed by atoms with E-state index in [-0.39, 0.29) is 11.5 Å². The van der Waals surface area contributed by atoms with Gasteiger partial charge in [0.2, 0.25) is 0 Å². The maximum absolute atomic E-state index is 13.7. The van der Waals surface area contributed by atoms with Crippen LogP contribution in [0.25, 0.3) is 0 Å². The Bertz CT molecular complexity index is 420. The number of nitrogens with zero attached hydrogens (tertiary/aromatic N) is 1. The second-order valence-electron chi connectivity index (χ2n) is 4.61. The van der Waals surface area contributed by atoms with Crippen molar-refractivity contribution in [2.75, 3.05) is 11.9 Å². The Morgan fingerprint density at radius 2 is 2.11 bits per heavy atom. The summed E-state index contributed by atoms with van der Waals surface area (Å²) in [7, 11) is 0. The number of benzene rings is 1. The van der Waals surface area contributed by atoms with Crippen LogP contribution in [0.1, 0.15) is 36.0 Å². The third-order valence-corrected chi connectivity index (χ3v) is 3.97. The fourth-order valence-corrected chi connectivity index (χ4v) is 2.42. The van der Waals surface area contributed by atoms with Gasteiger partial charge in [-0.15, -0.1) is 0 Å². The van der Waals surface area contributed by atoms with Gasteiger partial charge >= 0.3 is 0 Å². The molecule has 0 unspecified atom stereocenters. The summed E-state index contributed by atoms with van der Waals surface area (Å²) >= 11 is 3.37. The molecular weight excluding hydrogens is 297 g/mol. The monoisotopic (exact) mass is 313 g/mol. The first-order valence-electron chi connectivity index (χ1n) is 6.35. The highest BCUT2D eigenvalue weighted by Gasteiger charge is 2.29. The lowest BCUT2D eigenvalue weighted by Crippen LogP contribution is -2.45. The van der Waals surface area contributed by atoms with Gasteiger partial charge in [0.05, 0.1) is 5.56 Å². The number of hydrogen-bond acceptors (Lipinski definition) is 1. The van der Waals surface area contributed by atoms with E-state index in [1.807, 2.05) is 4.90 Å². The molecule has 1 aliphatic carbocycles. The molecule has 18 heavy (non-hydrogen) atoms. The zero-order chi connectivity index (χ0) is 13.0. The van der Waals surface area contributed by atoms with Crippen LogP contribution in [0, 0.1) is 5.82 Å². The molecule has 1 aliphatic rings. The summed E-state index contributed by atoms with van der Waals surface area (Å²) in [6, 6.07) is 6.53. The van der Waals surface area contributed by atoms with Crippen LogP contribution in [0.5, 0.6) is 0 Å². The average Bonchev–Trinajstić information content (AvgIpc) is 2.32. The summed E-state index contributed by atoms with van der Waals surface area (Å²) in [5.74, 6) is -0.593. The van der Waals surface area contributed by atoms with Gasteiger partial charge in [0.15, 0.2) is 0 Å². The van der Waals surface area contributed by atoms with E-state index in [0.717, 1.165) is 24.6 Å². The van der Waals surface area contributed by atoms with Gasteiger partial charge < -0.3 is 4.90 Å². The van der Waals surface area contributed by atoms with Gasteiger partial charge in [-0.25, -0.2) is 4.39 Å². The van der Waals surface area contributed by atoms with Crippen LogP contribution in [0.2, 0.25) is 0 Å². The molecule has 2 nitrogen and oxygen atoms in total. The van der Waals surface area contributed by atoms with E-state index < -0.39 is 5.82 Å². The smallest absolute Gasteiger partial charge is 0.257 e. The van der Waals surface area contributed by atoms with E-state index in [0.29, 0.717) is 12.6 Å². The van der Waals surface area contributed by atoms with Crippen molar-refractivity contribution in [3.8, 4) is 0 Å². The van der Waals surface area contributed by atoms with Crippen LogP contribution in [-0.4, -0.2) is 28.7 Å². The molecule has 0 atom stereocenters. The molecule has 0 heterocycles. The summed E-state index contributed by atoms with van der Waals surface area (Å²) in [6.45, 7) is 0.698. The number of carbonyl (C=O) groups is 1. The lowest BCUT2D eigenvalue weighted by atomic mass is 9.90. The van der Waals surface area contributed by atoms with Gasteiger partial charge in [0.25, 0.3) is 5.91 Å². The molecule has 0 spiro atoms. The summed E-state index contributed by atoms with van der Waals surface area (Å²) in [5.41, 5.74) is 0.193. The fraction of sp³-hybridized carbons (Fsp3) is 0.500.